The highest BCUT2D eigenvalue weighted by Crippen LogP contribution is 2.07. The van der Waals surface area contributed by atoms with Gasteiger partial charge in [-0.05, 0) is 31.8 Å². The summed E-state index contributed by atoms with van der Waals surface area (Å²) in [5, 5.41) is 0. The van der Waals surface area contributed by atoms with Gasteiger partial charge in [-0.1, -0.05) is 0 Å². The first-order valence-corrected chi connectivity index (χ1v) is 8.01. The molecule has 0 aliphatic carbocycles. The van der Waals surface area contributed by atoms with E-state index in [1.165, 1.54) is 0 Å². The van der Waals surface area contributed by atoms with E-state index in [1.54, 1.807) is 13.3 Å². The maximum absolute atomic E-state index is 5.02. The van der Waals surface area contributed by atoms with Crippen LogP contribution in [0, 0.1) is 0 Å². The van der Waals surface area contributed by atoms with Gasteiger partial charge in [0.1, 0.15) is 5.75 Å². The molecular formula is C10H16N2OSi. The van der Waals surface area contributed by atoms with E-state index in [9.17, 15) is 0 Å². The molecule has 0 spiro atoms. The summed E-state index contributed by atoms with van der Waals surface area (Å²) in [4.78, 5) is 4.20. The summed E-state index contributed by atoms with van der Waals surface area (Å²) in [6.07, 6.45) is 3.54. The van der Waals surface area contributed by atoms with Crippen molar-refractivity contribution < 1.29 is 4.74 Å². The summed E-state index contributed by atoms with van der Waals surface area (Å²) in [6.45, 7) is 6.56. The van der Waals surface area contributed by atoms with E-state index in [-0.39, 0.29) is 0 Å². The molecular weight excluding hydrogens is 192 g/mol. The van der Waals surface area contributed by atoms with Crippen molar-refractivity contribution in [3.63, 3.8) is 0 Å². The minimum absolute atomic E-state index is 0.773. The molecule has 0 bridgehead atoms. The van der Waals surface area contributed by atoms with Gasteiger partial charge < -0.3 is 9.39 Å². The van der Waals surface area contributed by atoms with Crippen LogP contribution in [-0.4, -0.2) is 26.5 Å². The van der Waals surface area contributed by atoms with Crippen LogP contribution >= 0.6 is 0 Å². The number of methoxy groups -OCH3 is 1. The third kappa shape index (κ3) is 3.70. The van der Waals surface area contributed by atoms with E-state index < -0.39 is 8.24 Å². The Labute approximate surface area is 85.9 Å². The molecule has 1 heterocycles. The standard InChI is InChI=1S/C10H16N2OSi/c1-13-10-6-5-9(11-8-10)7-12-14(2,3)4/h5-8H,1-4H3. The van der Waals surface area contributed by atoms with Crippen molar-refractivity contribution in [2.45, 2.75) is 19.6 Å². The second-order valence-electron chi connectivity index (χ2n) is 4.05. The summed E-state index contributed by atoms with van der Waals surface area (Å²) in [5.41, 5.74) is 0.883. The van der Waals surface area contributed by atoms with Gasteiger partial charge in [0.25, 0.3) is 0 Å². The lowest BCUT2D eigenvalue weighted by Gasteiger charge is -2.07. The van der Waals surface area contributed by atoms with Crippen LogP contribution in [0.2, 0.25) is 19.6 Å². The number of pyridine rings is 1. The van der Waals surface area contributed by atoms with E-state index in [4.69, 9.17) is 4.74 Å². The Bertz CT molecular complexity index is 314. The predicted molar refractivity (Wildman–Crippen MR) is 61.7 cm³/mol. The second-order valence-corrected chi connectivity index (χ2v) is 8.65. The van der Waals surface area contributed by atoms with Gasteiger partial charge in [0.15, 0.2) is 8.24 Å². The topological polar surface area (TPSA) is 34.5 Å². The fraction of sp³-hybridized carbons (Fsp3) is 0.400. The normalized spacial score (nSPS) is 12.0. The highest BCUT2D eigenvalue weighted by Gasteiger charge is 2.09. The minimum atomic E-state index is -1.36. The molecule has 0 aliphatic heterocycles. The largest absolute Gasteiger partial charge is 0.495 e. The van der Waals surface area contributed by atoms with Crippen molar-refractivity contribution in [1.82, 2.24) is 4.98 Å². The van der Waals surface area contributed by atoms with Crippen molar-refractivity contribution in [2.75, 3.05) is 7.11 Å². The molecule has 0 fully saturated rings. The fourth-order valence-corrected chi connectivity index (χ4v) is 1.37. The molecule has 0 radical (unpaired) electrons. The third-order valence-electron chi connectivity index (χ3n) is 1.58. The SMILES string of the molecule is COc1ccc(C=N[Si](C)(C)C)nc1. The van der Waals surface area contributed by atoms with E-state index >= 15 is 0 Å². The zero-order chi connectivity index (χ0) is 10.6. The molecule has 0 amide bonds. The molecule has 0 aromatic carbocycles. The molecule has 0 N–H and O–H groups in total. The van der Waals surface area contributed by atoms with Crippen LogP contribution in [0.4, 0.5) is 0 Å². The molecule has 0 aliphatic rings. The van der Waals surface area contributed by atoms with E-state index in [2.05, 4.69) is 29.3 Å². The molecule has 0 unspecified atom stereocenters. The summed E-state index contributed by atoms with van der Waals surface area (Å²) < 4.78 is 9.51. The Morgan fingerprint density at radius 3 is 2.50 bits per heavy atom. The molecule has 3 nitrogen and oxygen atoms in total. The summed E-state index contributed by atoms with van der Waals surface area (Å²) >= 11 is 0. The van der Waals surface area contributed by atoms with Crippen LogP contribution in [-0.2, 0) is 0 Å². The van der Waals surface area contributed by atoms with E-state index in [1.807, 2.05) is 18.3 Å². The van der Waals surface area contributed by atoms with Crippen LogP contribution in [0.1, 0.15) is 5.69 Å². The zero-order valence-corrected chi connectivity index (χ0v) is 10.1. The number of hydrogen-bond acceptors (Lipinski definition) is 3. The molecule has 76 valence electrons. The highest BCUT2D eigenvalue weighted by molar-refractivity contribution is 6.75. The lowest BCUT2D eigenvalue weighted by Crippen LogP contribution is -2.16. The Morgan fingerprint density at radius 1 is 1.36 bits per heavy atom. The van der Waals surface area contributed by atoms with Crippen molar-refractivity contribution in [2.24, 2.45) is 4.66 Å². The molecule has 1 rings (SSSR count). The molecule has 4 heteroatoms. The molecule has 14 heavy (non-hydrogen) atoms. The number of rotatable bonds is 3. The third-order valence-corrected chi connectivity index (χ3v) is 2.48. The van der Waals surface area contributed by atoms with Gasteiger partial charge in [0.2, 0.25) is 0 Å². The van der Waals surface area contributed by atoms with Crippen LogP contribution in [0.3, 0.4) is 0 Å². The van der Waals surface area contributed by atoms with E-state index in [0.29, 0.717) is 0 Å². The minimum Gasteiger partial charge on any atom is -0.495 e. The molecule has 0 saturated heterocycles. The van der Waals surface area contributed by atoms with E-state index in [0.717, 1.165) is 11.4 Å². The van der Waals surface area contributed by atoms with Gasteiger partial charge in [-0.2, -0.15) is 0 Å². The molecule has 0 atom stereocenters. The summed E-state index contributed by atoms with van der Waals surface area (Å²) in [5.74, 6) is 0.773. The van der Waals surface area contributed by atoms with Gasteiger partial charge in [0.05, 0.1) is 19.0 Å². The first-order chi connectivity index (χ1) is 6.51. The quantitative estimate of drug-likeness (QED) is 0.564. The smallest absolute Gasteiger partial charge is 0.172 e. The molecule has 1 aromatic heterocycles. The second kappa shape index (κ2) is 4.37. The van der Waals surface area contributed by atoms with Crippen molar-refractivity contribution in [3.05, 3.63) is 24.0 Å². The number of nitrogens with zero attached hydrogens (tertiary/aromatic N) is 2. The average molecular weight is 208 g/mol. The van der Waals surface area contributed by atoms with Crippen molar-refractivity contribution in [1.29, 1.82) is 0 Å². The summed E-state index contributed by atoms with van der Waals surface area (Å²) in [7, 11) is 0.268. The van der Waals surface area contributed by atoms with Crippen molar-refractivity contribution >= 4 is 14.5 Å². The Morgan fingerprint density at radius 2 is 2.07 bits per heavy atom. The Kier molecular flexibility index (Phi) is 3.41. The average Bonchev–Trinajstić information content (AvgIpc) is 2.14. The lowest BCUT2D eigenvalue weighted by atomic mass is 10.4. The Balaban J connectivity index is 2.74. The zero-order valence-electron chi connectivity index (χ0n) is 9.11. The van der Waals surface area contributed by atoms with Gasteiger partial charge >= 0.3 is 0 Å². The summed E-state index contributed by atoms with van der Waals surface area (Å²) in [6, 6.07) is 3.79. The molecule has 0 saturated carbocycles. The highest BCUT2D eigenvalue weighted by atomic mass is 28.3. The maximum atomic E-state index is 5.02. The first-order valence-electron chi connectivity index (χ1n) is 4.56. The number of aromatic nitrogens is 1. The van der Waals surface area contributed by atoms with Gasteiger partial charge in [-0.3, -0.25) is 4.98 Å². The van der Waals surface area contributed by atoms with Crippen LogP contribution in [0.15, 0.2) is 23.0 Å². The Hall–Kier alpha value is -1.16. The fourth-order valence-electron chi connectivity index (χ4n) is 0.849. The van der Waals surface area contributed by atoms with Crippen LogP contribution in [0.5, 0.6) is 5.75 Å². The van der Waals surface area contributed by atoms with Crippen LogP contribution < -0.4 is 4.74 Å². The molecule has 1 aromatic rings. The number of hydrogen-bond donors (Lipinski definition) is 0. The first kappa shape index (κ1) is 10.9. The van der Waals surface area contributed by atoms with Crippen molar-refractivity contribution in [3.8, 4) is 5.75 Å². The predicted octanol–water partition coefficient (Wildman–Crippen LogP) is 2.34. The lowest BCUT2D eigenvalue weighted by molar-refractivity contribution is 0.413. The van der Waals surface area contributed by atoms with Gasteiger partial charge in [0, 0.05) is 6.21 Å². The van der Waals surface area contributed by atoms with Gasteiger partial charge in [-0.25, -0.2) is 0 Å². The van der Waals surface area contributed by atoms with Crippen LogP contribution in [0.25, 0.3) is 0 Å². The monoisotopic (exact) mass is 208 g/mol. The maximum Gasteiger partial charge on any atom is 0.172 e. The van der Waals surface area contributed by atoms with Gasteiger partial charge in [-0.15, -0.1) is 0 Å². The number of ether oxygens (including phenoxy) is 1.